The summed E-state index contributed by atoms with van der Waals surface area (Å²) in [6, 6.07) is 3.60. The van der Waals surface area contributed by atoms with Gasteiger partial charge in [-0.25, -0.2) is 9.59 Å². The highest BCUT2D eigenvalue weighted by molar-refractivity contribution is 5.94. The van der Waals surface area contributed by atoms with Crippen molar-refractivity contribution in [2.75, 3.05) is 0 Å². The molecule has 6 heteroatoms. The Balaban J connectivity index is 3.33. The molecular weight excluding hydrogens is 200 g/mol. The van der Waals surface area contributed by atoms with Crippen LogP contribution in [0.5, 0.6) is 0 Å². The second kappa shape index (κ2) is 4.07. The van der Waals surface area contributed by atoms with Crippen LogP contribution in [0.25, 0.3) is 0 Å². The van der Waals surface area contributed by atoms with Gasteiger partial charge < -0.3 is 21.7 Å². The average Bonchev–Trinajstić information content (AvgIpc) is 2.16. The summed E-state index contributed by atoms with van der Waals surface area (Å²) in [6.45, 7) is 0. The van der Waals surface area contributed by atoms with Gasteiger partial charge in [0, 0.05) is 0 Å². The Morgan fingerprint density at radius 2 is 1.73 bits per heavy atom. The van der Waals surface area contributed by atoms with E-state index in [1.807, 2.05) is 0 Å². The third-order valence-electron chi connectivity index (χ3n) is 1.89. The van der Waals surface area contributed by atoms with Crippen LogP contribution in [0.2, 0.25) is 0 Å². The van der Waals surface area contributed by atoms with E-state index in [2.05, 4.69) is 0 Å². The van der Waals surface area contributed by atoms with Crippen molar-refractivity contribution in [3.8, 4) is 0 Å². The average molecular weight is 210 g/mol. The van der Waals surface area contributed by atoms with Crippen LogP contribution >= 0.6 is 0 Å². The molecule has 0 aromatic heterocycles. The van der Waals surface area contributed by atoms with E-state index in [1.165, 1.54) is 12.1 Å². The fraction of sp³-hybridized carbons (Fsp3) is 0.111. The van der Waals surface area contributed by atoms with Crippen molar-refractivity contribution < 1.29 is 19.8 Å². The minimum absolute atomic E-state index is 0.114. The number of hydrogen-bond acceptors (Lipinski definition) is 4. The van der Waals surface area contributed by atoms with Gasteiger partial charge in [-0.15, -0.1) is 0 Å². The van der Waals surface area contributed by atoms with Gasteiger partial charge in [0.2, 0.25) is 0 Å². The first-order valence-electron chi connectivity index (χ1n) is 4.05. The van der Waals surface area contributed by atoms with Crippen LogP contribution in [0, 0.1) is 0 Å². The number of benzene rings is 1. The topological polar surface area (TPSA) is 127 Å². The van der Waals surface area contributed by atoms with Crippen LogP contribution in [0.15, 0.2) is 18.2 Å². The summed E-state index contributed by atoms with van der Waals surface area (Å²) in [5.41, 5.74) is 10.6. The lowest BCUT2D eigenvalue weighted by atomic mass is 10.0. The van der Waals surface area contributed by atoms with E-state index in [0.717, 1.165) is 6.07 Å². The van der Waals surface area contributed by atoms with Gasteiger partial charge >= 0.3 is 11.9 Å². The fourth-order valence-electron chi connectivity index (χ4n) is 1.17. The van der Waals surface area contributed by atoms with Crippen molar-refractivity contribution >= 4 is 11.9 Å². The number of carboxylic acid groups (broad SMARTS) is 2. The minimum Gasteiger partial charge on any atom is -0.478 e. The number of rotatable bonds is 3. The van der Waals surface area contributed by atoms with Gasteiger partial charge in [0.1, 0.15) is 0 Å². The first-order valence-corrected chi connectivity index (χ1v) is 4.05. The molecule has 0 heterocycles. The van der Waals surface area contributed by atoms with Gasteiger partial charge in [0.05, 0.1) is 17.3 Å². The van der Waals surface area contributed by atoms with E-state index >= 15 is 0 Å². The van der Waals surface area contributed by atoms with Crippen molar-refractivity contribution in [3.63, 3.8) is 0 Å². The minimum atomic E-state index is -1.26. The molecule has 1 aromatic carbocycles. The number of nitrogens with two attached hydrogens (primary N) is 2. The van der Waals surface area contributed by atoms with Gasteiger partial charge in [-0.1, -0.05) is 6.07 Å². The zero-order valence-electron chi connectivity index (χ0n) is 7.68. The highest BCUT2D eigenvalue weighted by Crippen LogP contribution is 2.15. The second-order valence-corrected chi connectivity index (χ2v) is 2.94. The van der Waals surface area contributed by atoms with Crippen LogP contribution in [0.4, 0.5) is 0 Å². The Morgan fingerprint density at radius 3 is 2.13 bits per heavy atom. The zero-order valence-corrected chi connectivity index (χ0v) is 7.68. The SMILES string of the molecule is NC(N)c1ccc(C(=O)O)cc1C(=O)O. The van der Waals surface area contributed by atoms with E-state index in [9.17, 15) is 9.59 Å². The second-order valence-electron chi connectivity index (χ2n) is 2.94. The van der Waals surface area contributed by atoms with E-state index < -0.39 is 18.1 Å². The highest BCUT2D eigenvalue weighted by atomic mass is 16.4. The van der Waals surface area contributed by atoms with Crippen molar-refractivity contribution in [2.45, 2.75) is 6.17 Å². The molecule has 0 aliphatic carbocycles. The summed E-state index contributed by atoms with van der Waals surface area (Å²) in [6.07, 6.45) is -0.945. The summed E-state index contributed by atoms with van der Waals surface area (Å²) in [4.78, 5) is 21.4. The highest BCUT2D eigenvalue weighted by Gasteiger charge is 2.16. The molecule has 0 radical (unpaired) electrons. The van der Waals surface area contributed by atoms with E-state index in [1.54, 1.807) is 0 Å². The monoisotopic (exact) mass is 210 g/mol. The predicted octanol–water partition coefficient (Wildman–Crippen LogP) is -0.00100. The first-order chi connectivity index (χ1) is 6.93. The van der Waals surface area contributed by atoms with Crippen molar-refractivity contribution in [3.05, 3.63) is 34.9 Å². The molecule has 6 N–H and O–H groups in total. The predicted molar refractivity (Wildman–Crippen MR) is 51.5 cm³/mol. The molecule has 0 aliphatic rings. The zero-order chi connectivity index (χ0) is 11.6. The van der Waals surface area contributed by atoms with Gasteiger partial charge in [-0.2, -0.15) is 0 Å². The van der Waals surface area contributed by atoms with Crippen molar-refractivity contribution in [2.24, 2.45) is 11.5 Å². The standard InChI is InChI=1S/C9H10N2O4/c10-7(11)5-2-1-4(8(12)13)3-6(5)9(14)15/h1-3,7H,10-11H2,(H,12,13)(H,14,15). The lowest BCUT2D eigenvalue weighted by Gasteiger charge is -2.10. The summed E-state index contributed by atoms with van der Waals surface area (Å²) >= 11 is 0. The number of carboxylic acids is 2. The lowest BCUT2D eigenvalue weighted by molar-refractivity contribution is 0.0694. The van der Waals surface area contributed by atoms with Crippen molar-refractivity contribution in [1.82, 2.24) is 0 Å². The Kier molecular flexibility index (Phi) is 3.03. The maximum atomic E-state index is 10.8. The molecule has 80 valence electrons. The van der Waals surface area contributed by atoms with Crippen LogP contribution in [0.1, 0.15) is 32.4 Å². The molecule has 0 atom stereocenters. The molecule has 0 spiro atoms. The largest absolute Gasteiger partial charge is 0.478 e. The van der Waals surface area contributed by atoms with Crippen LogP contribution in [0.3, 0.4) is 0 Å². The maximum absolute atomic E-state index is 10.8. The molecule has 1 rings (SSSR count). The van der Waals surface area contributed by atoms with Crippen molar-refractivity contribution in [1.29, 1.82) is 0 Å². The Hall–Kier alpha value is -1.92. The molecule has 0 amide bonds. The quantitative estimate of drug-likeness (QED) is 0.520. The number of hydrogen-bond donors (Lipinski definition) is 4. The van der Waals surface area contributed by atoms with Gasteiger partial charge in [0.25, 0.3) is 0 Å². The van der Waals surface area contributed by atoms with E-state index in [4.69, 9.17) is 21.7 Å². The van der Waals surface area contributed by atoms with E-state index in [0.29, 0.717) is 0 Å². The molecule has 6 nitrogen and oxygen atoms in total. The van der Waals surface area contributed by atoms with Gasteiger partial charge in [-0.3, -0.25) is 0 Å². The van der Waals surface area contributed by atoms with Gasteiger partial charge in [0.15, 0.2) is 0 Å². The summed E-state index contributed by atoms with van der Waals surface area (Å²) in [5, 5.41) is 17.5. The third-order valence-corrected chi connectivity index (χ3v) is 1.89. The molecule has 0 fully saturated rings. The third kappa shape index (κ3) is 2.30. The Morgan fingerprint density at radius 1 is 1.13 bits per heavy atom. The molecular formula is C9H10N2O4. The molecule has 0 saturated carbocycles. The molecule has 15 heavy (non-hydrogen) atoms. The molecule has 1 aromatic rings. The van der Waals surface area contributed by atoms with Crippen LogP contribution in [-0.2, 0) is 0 Å². The summed E-state index contributed by atoms with van der Waals surface area (Å²) in [7, 11) is 0. The lowest BCUT2D eigenvalue weighted by Crippen LogP contribution is -2.23. The molecule has 0 aliphatic heterocycles. The van der Waals surface area contributed by atoms with Crippen LogP contribution in [-0.4, -0.2) is 22.2 Å². The first kappa shape index (κ1) is 11.2. The molecule has 0 bridgehead atoms. The fourth-order valence-corrected chi connectivity index (χ4v) is 1.17. The summed E-state index contributed by atoms with van der Waals surface area (Å²) in [5.74, 6) is -2.45. The molecule has 0 unspecified atom stereocenters. The maximum Gasteiger partial charge on any atom is 0.336 e. The van der Waals surface area contributed by atoms with Gasteiger partial charge in [-0.05, 0) is 17.7 Å². The normalized spacial score (nSPS) is 10.3. The summed E-state index contributed by atoms with van der Waals surface area (Å²) < 4.78 is 0. The smallest absolute Gasteiger partial charge is 0.336 e. The van der Waals surface area contributed by atoms with E-state index in [-0.39, 0.29) is 16.7 Å². The Labute approximate surface area is 85.1 Å². The number of aromatic carboxylic acids is 2. The molecule has 0 saturated heterocycles. The number of carbonyl (C=O) groups is 2. The Bertz CT molecular complexity index is 415. The van der Waals surface area contributed by atoms with Crippen LogP contribution < -0.4 is 11.5 Å².